The summed E-state index contributed by atoms with van der Waals surface area (Å²) in [6.07, 6.45) is 4.84. The molecule has 1 unspecified atom stereocenters. The third-order valence-electron chi connectivity index (χ3n) is 5.16. The van der Waals surface area contributed by atoms with Crippen LogP contribution in [0.15, 0.2) is 59.3 Å². The zero-order valence-corrected chi connectivity index (χ0v) is 16.5. The van der Waals surface area contributed by atoms with Crippen LogP contribution in [-0.2, 0) is 6.54 Å². The minimum absolute atomic E-state index is 0.248. The number of nitrogens with zero attached hydrogens (tertiary/aromatic N) is 3. The van der Waals surface area contributed by atoms with Crippen LogP contribution in [0.4, 0.5) is 5.82 Å². The van der Waals surface area contributed by atoms with E-state index >= 15 is 0 Å². The van der Waals surface area contributed by atoms with Gasteiger partial charge in [0.2, 0.25) is 0 Å². The second-order valence-corrected chi connectivity index (χ2v) is 8.32. The smallest absolute Gasteiger partial charge is 0.135 e. The second kappa shape index (κ2) is 7.33. The standard InChI is InChI=1S/C21H23BrN4/c1-21(9-11-26(15-21)13-16-6-3-2-4-7-16)14-25-20-17-8-5-10-23-19(17)18(22)12-24-20/h2-8,10,12H,9,11,13-15H2,1H3,(H,24,25). The molecule has 0 bridgehead atoms. The number of likely N-dealkylation sites (tertiary alicyclic amines) is 1. The first-order chi connectivity index (χ1) is 12.6. The van der Waals surface area contributed by atoms with Crippen LogP contribution in [0.2, 0.25) is 0 Å². The van der Waals surface area contributed by atoms with Gasteiger partial charge in [0.25, 0.3) is 0 Å². The predicted octanol–water partition coefficient (Wildman–Crippen LogP) is 4.72. The summed E-state index contributed by atoms with van der Waals surface area (Å²) >= 11 is 3.54. The number of hydrogen-bond acceptors (Lipinski definition) is 4. The average Bonchev–Trinajstić information content (AvgIpc) is 3.03. The number of halogens is 1. The molecule has 1 aliphatic rings. The van der Waals surface area contributed by atoms with E-state index in [-0.39, 0.29) is 5.41 Å². The van der Waals surface area contributed by atoms with Gasteiger partial charge in [-0.1, -0.05) is 37.3 Å². The maximum atomic E-state index is 4.57. The quantitative estimate of drug-likeness (QED) is 0.660. The Labute approximate surface area is 162 Å². The predicted molar refractivity (Wildman–Crippen MR) is 110 cm³/mol. The number of hydrogen-bond donors (Lipinski definition) is 1. The summed E-state index contributed by atoms with van der Waals surface area (Å²) in [6, 6.07) is 14.8. The molecule has 134 valence electrons. The van der Waals surface area contributed by atoms with Crippen molar-refractivity contribution in [2.45, 2.75) is 19.9 Å². The van der Waals surface area contributed by atoms with E-state index in [0.717, 1.165) is 47.4 Å². The van der Waals surface area contributed by atoms with Crippen LogP contribution >= 0.6 is 15.9 Å². The first kappa shape index (κ1) is 17.4. The highest BCUT2D eigenvalue weighted by atomic mass is 79.9. The van der Waals surface area contributed by atoms with Crippen molar-refractivity contribution in [1.29, 1.82) is 0 Å². The Hall–Kier alpha value is -1.98. The zero-order valence-electron chi connectivity index (χ0n) is 15.0. The molecular formula is C21H23BrN4. The molecule has 3 heterocycles. The summed E-state index contributed by atoms with van der Waals surface area (Å²) in [4.78, 5) is 11.6. The monoisotopic (exact) mass is 410 g/mol. The van der Waals surface area contributed by atoms with E-state index in [2.05, 4.69) is 79.4 Å². The summed E-state index contributed by atoms with van der Waals surface area (Å²) in [7, 11) is 0. The molecule has 4 nitrogen and oxygen atoms in total. The van der Waals surface area contributed by atoms with Gasteiger partial charge >= 0.3 is 0 Å². The fourth-order valence-corrected chi connectivity index (χ4v) is 4.14. The summed E-state index contributed by atoms with van der Waals surface area (Å²) in [6.45, 7) is 6.55. The number of pyridine rings is 2. The molecule has 0 amide bonds. The molecule has 0 aliphatic carbocycles. The fraction of sp³-hybridized carbons (Fsp3) is 0.333. The maximum absolute atomic E-state index is 4.57. The molecule has 5 heteroatoms. The Morgan fingerprint density at radius 1 is 1.15 bits per heavy atom. The van der Waals surface area contributed by atoms with Gasteiger partial charge < -0.3 is 5.32 Å². The van der Waals surface area contributed by atoms with Gasteiger partial charge in [-0.25, -0.2) is 4.98 Å². The molecule has 3 aromatic rings. The number of fused-ring (bicyclic) bond motifs is 1. The van der Waals surface area contributed by atoms with E-state index < -0.39 is 0 Å². The van der Waals surface area contributed by atoms with E-state index in [1.807, 2.05) is 18.5 Å². The molecule has 1 aromatic carbocycles. The van der Waals surface area contributed by atoms with E-state index in [9.17, 15) is 0 Å². The molecule has 1 saturated heterocycles. The molecule has 1 aliphatic heterocycles. The Balaban J connectivity index is 1.43. The molecule has 0 saturated carbocycles. The van der Waals surface area contributed by atoms with Gasteiger partial charge in [0.15, 0.2) is 0 Å². The van der Waals surface area contributed by atoms with Crippen molar-refractivity contribution in [2.75, 3.05) is 25.0 Å². The van der Waals surface area contributed by atoms with Gasteiger partial charge in [-0.3, -0.25) is 9.88 Å². The Morgan fingerprint density at radius 2 is 2.00 bits per heavy atom. The number of aromatic nitrogens is 2. The third-order valence-corrected chi connectivity index (χ3v) is 5.74. The molecule has 1 atom stereocenters. The lowest BCUT2D eigenvalue weighted by atomic mass is 9.90. The lowest BCUT2D eigenvalue weighted by Gasteiger charge is -2.26. The number of anilines is 1. The van der Waals surface area contributed by atoms with Gasteiger partial charge in [-0.05, 0) is 52.0 Å². The van der Waals surface area contributed by atoms with Gasteiger partial charge in [0.05, 0.1) is 9.99 Å². The first-order valence-corrected chi connectivity index (χ1v) is 9.82. The van der Waals surface area contributed by atoms with Crippen LogP contribution in [0.25, 0.3) is 10.9 Å². The lowest BCUT2D eigenvalue weighted by Crippen LogP contribution is -2.31. The Bertz CT molecular complexity index is 899. The van der Waals surface area contributed by atoms with Gasteiger partial charge in [0.1, 0.15) is 5.82 Å². The van der Waals surface area contributed by atoms with Crippen LogP contribution < -0.4 is 5.32 Å². The summed E-state index contributed by atoms with van der Waals surface area (Å²) in [5.74, 6) is 0.916. The second-order valence-electron chi connectivity index (χ2n) is 7.46. The summed E-state index contributed by atoms with van der Waals surface area (Å²) in [5.41, 5.74) is 2.58. The normalized spacial score (nSPS) is 20.5. The largest absolute Gasteiger partial charge is 0.369 e. The van der Waals surface area contributed by atoms with Gasteiger partial charge in [-0.2, -0.15) is 0 Å². The highest BCUT2D eigenvalue weighted by Gasteiger charge is 2.33. The Kier molecular flexibility index (Phi) is 4.92. The van der Waals surface area contributed by atoms with Crippen molar-refractivity contribution < 1.29 is 0 Å². The van der Waals surface area contributed by atoms with Crippen LogP contribution in [0.5, 0.6) is 0 Å². The first-order valence-electron chi connectivity index (χ1n) is 9.02. The molecular weight excluding hydrogens is 388 g/mol. The van der Waals surface area contributed by atoms with Crippen molar-refractivity contribution >= 4 is 32.7 Å². The minimum atomic E-state index is 0.248. The van der Waals surface area contributed by atoms with Gasteiger partial charge in [0, 0.05) is 37.4 Å². The minimum Gasteiger partial charge on any atom is -0.369 e. The van der Waals surface area contributed by atoms with E-state index in [1.165, 1.54) is 12.0 Å². The van der Waals surface area contributed by atoms with E-state index in [4.69, 9.17) is 0 Å². The van der Waals surface area contributed by atoms with E-state index in [1.54, 1.807) is 0 Å². The number of rotatable bonds is 5. The Morgan fingerprint density at radius 3 is 2.85 bits per heavy atom. The number of nitrogens with one attached hydrogen (secondary N) is 1. The van der Waals surface area contributed by atoms with Crippen molar-refractivity contribution in [2.24, 2.45) is 5.41 Å². The van der Waals surface area contributed by atoms with Crippen LogP contribution in [0.3, 0.4) is 0 Å². The SMILES string of the molecule is CC1(CNc2ncc(Br)c3ncccc23)CCN(Cc2ccccc2)C1. The molecule has 1 N–H and O–H groups in total. The summed E-state index contributed by atoms with van der Waals surface area (Å²) < 4.78 is 0.930. The molecule has 0 spiro atoms. The molecule has 0 radical (unpaired) electrons. The van der Waals surface area contributed by atoms with Crippen LogP contribution in [0, 0.1) is 5.41 Å². The fourth-order valence-electron chi connectivity index (χ4n) is 3.72. The topological polar surface area (TPSA) is 41.1 Å². The van der Waals surface area contributed by atoms with Crippen molar-refractivity contribution in [3.8, 4) is 0 Å². The maximum Gasteiger partial charge on any atom is 0.135 e. The number of benzene rings is 1. The lowest BCUT2D eigenvalue weighted by molar-refractivity contribution is 0.278. The molecule has 26 heavy (non-hydrogen) atoms. The molecule has 4 rings (SSSR count). The van der Waals surface area contributed by atoms with Crippen LogP contribution in [0.1, 0.15) is 18.9 Å². The molecule has 1 fully saturated rings. The highest BCUT2D eigenvalue weighted by molar-refractivity contribution is 9.10. The zero-order chi connectivity index (χ0) is 18.0. The average molecular weight is 411 g/mol. The van der Waals surface area contributed by atoms with Gasteiger partial charge in [-0.15, -0.1) is 0 Å². The third kappa shape index (κ3) is 3.74. The van der Waals surface area contributed by atoms with Crippen molar-refractivity contribution in [3.05, 3.63) is 64.9 Å². The summed E-state index contributed by atoms with van der Waals surface area (Å²) in [5, 5.41) is 4.64. The van der Waals surface area contributed by atoms with Crippen molar-refractivity contribution in [1.82, 2.24) is 14.9 Å². The van der Waals surface area contributed by atoms with Crippen molar-refractivity contribution in [3.63, 3.8) is 0 Å². The van der Waals surface area contributed by atoms with E-state index in [0.29, 0.717) is 0 Å². The van der Waals surface area contributed by atoms with Crippen LogP contribution in [-0.4, -0.2) is 34.5 Å². The molecule has 2 aromatic heterocycles. The highest BCUT2D eigenvalue weighted by Crippen LogP contribution is 2.32.